The Morgan fingerprint density at radius 3 is 2.66 bits per heavy atom. The Labute approximate surface area is 173 Å². The average molecular weight is 404 g/mol. The van der Waals surface area contributed by atoms with Crippen LogP contribution in [0.5, 0.6) is 5.75 Å². The second-order valence-corrected chi connectivity index (χ2v) is 7.67. The van der Waals surface area contributed by atoms with Crippen LogP contribution in [-0.2, 0) is 0 Å². The molecule has 5 nitrogen and oxygen atoms in total. The smallest absolute Gasteiger partial charge is 0.267 e. The molecule has 29 heavy (non-hydrogen) atoms. The van der Waals surface area contributed by atoms with E-state index in [0.717, 1.165) is 23.5 Å². The molecule has 0 aliphatic carbocycles. The SMILES string of the molecule is Cc1ccnc(-n2c(SCCCOc3ccccc3)nc3ccccc3c2=O)c1. The third-order valence-electron chi connectivity index (χ3n) is 4.41. The van der Waals surface area contributed by atoms with Crippen molar-refractivity contribution in [3.63, 3.8) is 0 Å². The highest BCUT2D eigenvalue weighted by Gasteiger charge is 2.14. The molecule has 4 rings (SSSR count). The van der Waals surface area contributed by atoms with Crippen LogP contribution < -0.4 is 10.3 Å². The summed E-state index contributed by atoms with van der Waals surface area (Å²) in [6, 6.07) is 21.0. The number of fused-ring (bicyclic) bond motifs is 1. The topological polar surface area (TPSA) is 57.0 Å². The van der Waals surface area contributed by atoms with Crippen LogP contribution in [0.2, 0.25) is 0 Å². The van der Waals surface area contributed by atoms with E-state index in [-0.39, 0.29) is 5.56 Å². The monoisotopic (exact) mass is 403 g/mol. The Balaban J connectivity index is 1.57. The van der Waals surface area contributed by atoms with Gasteiger partial charge in [0, 0.05) is 11.9 Å². The van der Waals surface area contributed by atoms with E-state index in [1.54, 1.807) is 28.6 Å². The molecule has 0 saturated heterocycles. The first-order valence-electron chi connectivity index (χ1n) is 9.48. The summed E-state index contributed by atoms with van der Waals surface area (Å²) >= 11 is 1.54. The minimum absolute atomic E-state index is 0.100. The molecule has 0 radical (unpaired) electrons. The molecule has 0 amide bonds. The number of hydrogen-bond donors (Lipinski definition) is 0. The molecule has 0 aliphatic heterocycles. The lowest BCUT2D eigenvalue weighted by Gasteiger charge is -2.13. The standard InChI is InChI=1S/C23H21N3O2S/c1-17-12-13-24-21(16-17)26-22(27)19-10-5-6-11-20(19)25-23(26)29-15-7-14-28-18-8-3-2-4-9-18/h2-6,8-13,16H,7,14-15H2,1H3. The molecule has 0 bridgehead atoms. The molecule has 4 aromatic rings. The predicted molar refractivity (Wildman–Crippen MR) is 117 cm³/mol. The molecule has 0 fully saturated rings. The van der Waals surface area contributed by atoms with Gasteiger partial charge in [0.05, 0.1) is 17.5 Å². The van der Waals surface area contributed by atoms with Crippen LogP contribution in [0.15, 0.2) is 82.9 Å². The Morgan fingerprint density at radius 1 is 1.03 bits per heavy atom. The highest BCUT2D eigenvalue weighted by atomic mass is 32.2. The number of ether oxygens (including phenoxy) is 1. The van der Waals surface area contributed by atoms with Crippen LogP contribution in [0.1, 0.15) is 12.0 Å². The number of pyridine rings is 1. The summed E-state index contributed by atoms with van der Waals surface area (Å²) in [6.45, 7) is 2.59. The van der Waals surface area contributed by atoms with Crippen molar-refractivity contribution < 1.29 is 4.74 Å². The van der Waals surface area contributed by atoms with Crippen molar-refractivity contribution in [2.24, 2.45) is 0 Å². The molecular weight excluding hydrogens is 382 g/mol. The first-order chi connectivity index (χ1) is 14.2. The maximum Gasteiger partial charge on any atom is 0.267 e. The van der Waals surface area contributed by atoms with Gasteiger partial charge in [0.15, 0.2) is 5.16 Å². The number of thioether (sulfide) groups is 1. The molecule has 0 N–H and O–H groups in total. The van der Waals surface area contributed by atoms with E-state index >= 15 is 0 Å². The quantitative estimate of drug-likeness (QED) is 0.255. The van der Waals surface area contributed by atoms with Crippen LogP contribution in [0, 0.1) is 6.92 Å². The highest BCUT2D eigenvalue weighted by Crippen LogP contribution is 2.21. The lowest BCUT2D eigenvalue weighted by Crippen LogP contribution is -2.22. The summed E-state index contributed by atoms with van der Waals surface area (Å²) in [4.78, 5) is 22.3. The Morgan fingerprint density at radius 2 is 1.83 bits per heavy atom. The Bertz CT molecular complexity index is 1180. The number of aromatic nitrogens is 3. The Kier molecular flexibility index (Phi) is 5.91. The molecule has 0 aliphatic rings. The van der Waals surface area contributed by atoms with Crippen LogP contribution in [-0.4, -0.2) is 26.9 Å². The van der Waals surface area contributed by atoms with Crippen LogP contribution >= 0.6 is 11.8 Å². The lowest BCUT2D eigenvalue weighted by molar-refractivity contribution is 0.318. The number of aryl methyl sites for hydroxylation is 1. The zero-order valence-electron chi connectivity index (χ0n) is 16.1. The number of hydrogen-bond acceptors (Lipinski definition) is 5. The first-order valence-corrected chi connectivity index (χ1v) is 10.5. The van der Waals surface area contributed by atoms with E-state index in [1.165, 1.54) is 0 Å². The van der Waals surface area contributed by atoms with Gasteiger partial charge in [-0.3, -0.25) is 4.79 Å². The number of para-hydroxylation sites is 2. The molecule has 0 unspecified atom stereocenters. The lowest BCUT2D eigenvalue weighted by atomic mass is 10.2. The molecule has 0 spiro atoms. The van der Waals surface area contributed by atoms with Crippen molar-refractivity contribution in [3.05, 3.63) is 88.8 Å². The minimum atomic E-state index is -0.100. The zero-order chi connectivity index (χ0) is 20.1. The molecule has 2 heterocycles. The van der Waals surface area contributed by atoms with E-state index in [4.69, 9.17) is 9.72 Å². The van der Waals surface area contributed by atoms with Crippen molar-refractivity contribution in [1.29, 1.82) is 0 Å². The number of nitrogens with zero attached hydrogens (tertiary/aromatic N) is 3. The largest absolute Gasteiger partial charge is 0.494 e. The van der Waals surface area contributed by atoms with Crippen LogP contribution in [0.3, 0.4) is 0 Å². The van der Waals surface area contributed by atoms with Crippen molar-refractivity contribution in [3.8, 4) is 11.6 Å². The van der Waals surface area contributed by atoms with Crippen molar-refractivity contribution in [1.82, 2.24) is 14.5 Å². The van der Waals surface area contributed by atoms with E-state index in [2.05, 4.69) is 4.98 Å². The third-order valence-corrected chi connectivity index (χ3v) is 5.43. The van der Waals surface area contributed by atoms with Crippen molar-refractivity contribution in [2.75, 3.05) is 12.4 Å². The van der Waals surface area contributed by atoms with Gasteiger partial charge in [-0.1, -0.05) is 42.1 Å². The number of rotatable bonds is 7. The van der Waals surface area contributed by atoms with Gasteiger partial charge in [0.25, 0.3) is 5.56 Å². The van der Waals surface area contributed by atoms with Gasteiger partial charge >= 0.3 is 0 Å². The van der Waals surface area contributed by atoms with Crippen molar-refractivity contribution >= 4 is 22.7 Å². The van der Waals surface area contributed by atoms with Gasteiger partial charge in [-0.15, -0.1) is 0 Å². The second kappa shape index (κ2) is 8.92. The van der Waals surface area contributed by atoms with Crippen LogP contribution in [0.25, 0.3) is 16.7 Å². The summed E-state index contributed by atoms with van der Waals surface area (Å²) in [5.41, 5.74) is 1.64. The molecule has 0 atom stereocenters. The Hall–Kier alpha value is -3.12. The molecule has 2 aromatic heterocycles. The third kappa shape index (κ3) is 4.49. The normalized spacial score (nSPS) is 10.9. The van der Waals surface area contributed by atoms with Gasteiger partial charge in [0.1, 0.15) is 11.6 Å². The van der Waals surface area contributed by atoms with Crippen LogP contribution in [0.4, 0.5) is 0 Å². The molecule has 0 saturated carbocycles. The summed E-state index contributed by atoms with van der Waals surface area (Å²) in [6.07, 6.45) is 2.55. The molecule has 2 aromatic carbocycles. The van der Waals surface area contributed by atoms with Gasteiger partial charge in [-0.2, -0.15) is 0 Å². The number of benzene rings is 2. The van der Waals surface area contributed by atoms with E-state index in [9.17, 15) is 4.79 Å². The minimum Gasteiger partial charge on any atom is -0.494 e. The second-order valence-electron chi connectivity index (χ2n) is 6.61. The van der Waals surface area contributed by atoms with Gasteiger partial charge < -0.3 is 4.74 Å². The fraction of sp³-hybridized carbons (Fsp3) is 0.174. The maximum absolute atomic E-state index is 13.2. The molecule has 146 valence electrons. The van der Waals surface area contributed by atoms with E-state index in [0.29, 0.717) is 28.5 Å². The summed E-state index contributed by atoms with van der Waals surface area (Å²) in [7, 11) is 0. The van der Waals surface area contributed by atoms with Gasteiger partial charge in [-0.25, -0.2) is 14.5 Å². The fourth-order valence-electron chi connectivity index (χ4n) is 2.98. The highest BCUT2D eigenvalue weighted by molar-refractivity contribution is 7.99. The summed E-state index contributed by atoms with van der Waals surface area (Å²) in [5, 5.41) is 1.24. The first kappa shape index (κ1) is 19.2. The van der Waals surface area contributed by atoms with Gasteiger partial charge in [-0.05, 0) is 55.3 Å². The predicted octanol–water partition coefficient (Wildman–Crippen LogP) is 4.65. The van der Waals surface area contributed by atoms with E-state index in [1.807, 2.05) is 67.6 Å². The van der Waals surface area contributed by atoms with Crippen molar-refractivity contribution in [2.45, 2.75) is 18.5 Å². The maximum atomic E-state index is 13.2. The molecular formula is C23H21N3O2S. The summed E-state index contributed by atoms with van der Waals surface area (Å²) in [5.74, 6) is 2.24. The zero-order valence-corrected chi connectivity index (χ0v) is 16.9. The van der Waals surface area contributed by atoms with E-state index < -0.39 is 0 Å². The van der Waals surface area contributed by atoms with Gasteiger partial charge in [0.2, 0.25) is 0 Å². The summed E-state index contributed by atoms with van der Waals surface area (Å²) < 4.78 is 7.36. The fourth-order valence-corrected chi connectivity index (χ4v) is 3.90. The average Bonchev–Trinajstić information content (AvgIpc) is 2.74. The molecule has 6 heteroatoms.